The maximum Gasteiger partial charge on any atom is 0.220 e. The number of likely N-dealkylation sites (tertiary alicyclic amines) is 1. The van der Waals surface area contributed by atoms with Crippen LogP contribution in [0.1, 0.15) is 43.8 Å². The van der Waals surface area contributed by atoms with Gasteiger partial charge in [0, 0.05) is 31.7 Å². The highest BCUT2D eigenvalue weighted by Gasteiger charge is 2.30. The molecule has 8 heteroatoms. The Bertz CT molecular complexity index is 1030. The first-order valence-corrected chi connectivity index (χ1v) is 13.1. The van der Waals surface area contributed by atoms with Crippen LogP contribution in [0.3, 0.4) is 0 Å². The number of aliphatic hydroxyl groups excluding tert-OH is 1. The summed E-state index contributed by atoms with van der Waals surface area (Å²) in [5, 5.41) is 14.5. The van der Waals surface area contributed by atoms with Gasteiger partial charge in [-0.25, -0.2) is 4.39 Å². The number of rotatable bonds is 8. The summed E-state index contributed by atoms with van der Waals surface area (Å²) in [5.74, 6) is 1.25. The maximum atomic E-state index is 13.3. The van der Waals surface area contributed by atoms with Crippen molar-refractivity contribution in [1.29, 1.82) is 0 Å². The molecule has 2 aromatic carbocycles. The summed E-state index contributed by atoms with van der Waals surface area (Å²) in [5.41, 5.74) is 1.70. The minimum atomic E-state index is -0.856. The van der Waals surface area contributed by atoms with Crippen molar-refractivity contribution in [3.05, 3.63) is 53.8 Å². The molecule has 2 N–H and O–H groups in total. The topological polar surface area (TPSA) is 74.3 Å². The van der Waals surface area contributed by atoms with Crippen molar-refractivity contribution in [3.8, 4) is 11.5 Å². The summed E-state index contributed by atoms with van der Waals surface area (Å²) in [6.45, 7) is 5.18. The number of nitrogens with one attached hydrogen (secondary N) is 1. The number of piperidine rings is 1. The van der Waals surface area contributed by atoms with Crippen LogP contribution < -0.4 is 19.7 Å². The predicted octanol–water partition coefficient (Wildman–Crippen LogP) is 3.52. The summed E-state index contributed by atoms with van der Waals surface area (Å²) >= 11 is 0. The molecule has 0 radical (unpaired) electrons. The molecule has 3 atom stereocenters. The van der Waals surface area contributed by atoms with Crippen LogP contribution in [0.25, 0.3) is 0 Å². The van der Waals surface area contributed by atoms with E-state index < -0.39 is 12.1 Å². The zero-order valence-electron chi connectivity index (χ0n) is 20.7. The Labute approximate surface area is 212 Å². The smallest absolute Gasteiger partial charge is 0.220 e. The van der Waals surface area contributed by atoms with E-state index >= 15 is 0 Å². The molecular weight excluding hydrogens is 461 g/mol. The molecule has 0 saturated carbocycles. The third-order valence-electron chi connectivity index (χ3n) is 7.49. The Morgan fingerprint density at radius 1 is 1.03 bits per heavy atom. The van der Waals surface area contributed by atoms with Gasteiger partial charge in [0.2, 0.25) is 5.91 Å². The first kappa shape index (κ1) is 24.8. The van der Waals surface area contributed by atoms with Crippen LogP contribution >= 0.6 is 0 Å². The van der Waals surface area contributed by atoms with Crippen molar-refractivity contribution in [2.24, 2.45) is 5.92 Å². The molecule has 2 fully saturated rings. The van der Waals surface area contributed by atoms with Crippen molar-refractivity contribution in [2.75, 3.05) is 50.8 Å². The quantitative estimate of drug-likeness (QED) is 0.582. The van der Waals surface area contributed by atoms with E-state index in [0.29, 0.717) is 43.2 Å². The van der Waals surface area contributed by atoms with Gasteiger partial charge in [-0.15, -0.1) is 0 Å². The molecule has 0 aromatic heterocycles. The lowest BCUT2D eigenvalue weighted by Crippen LogP contribution is -2.48. The molecule has 0 spiro atoms. The zero-order chi connectivity index (χ0) is 24.9. The number of carbonyl (C=O) groups excluding carboxylic acids is 1. The number of hydrogen-bond acceptors (Lipinski definition) is 6. The number of carbonyl (C=O) groups is 1. The number of nitrogens with zero attached hydrogens (tertiary/aromatic N) is 2. The van der Waals surface area contributed by atoms with E-state index in [1.54, 1.807) is 12.1 Å². The minimum absolute atomic E-state index is 0.0421. The van der Waals surface area contributed by atoms with Gasteiger partial charge in [-0.2, -0.15) is 0 Å². The van der Waals surface area contributed by atoms with Gasteiger partial charge in [0.1, 0.15) is 25.1 Å². The highest BCUT2D eigenvalue weighted by molar-refractivity contribution is 5.77. The fourth-order valence-electron chi connectivity index (χ4n) is 5.53. The molecule has 2 saturated heterocycles. The fourth-order valence-corrected chi connectivity index (χ4v) is 5.53. The molecule has 1 amide bonds. The van der Waals surface area contributed by atoms with Gasteiger partial charge in [0.05, 0.1) is 6.04 Å². The second-order valence-electron chi connectivity index (χ2n) is 10.2. The van der Waals surface area contributed by atoms with E-state index in [2.05, 4.69) is 15.1 Å². The van der Waals surface area contributed by atoms with Crippen LogP contribution in [0, 0.1) is 11.7 Å². The summed E-state index contributed by atoms with van der Waals surface area (Å²) in [4.78, 5) is 17.7. The normalized spacial score (nSPS) is 21.7. The molecule has 5 rings (SSSR count). The average molecular weight is 498 g/mol. The molecular formula is C28H36FN3O4. The lowest BCUT2D eigenvalue weighted by Gasteiger charge is -2.33. The van der Waals surface area contributed by atoms with Crippen LogP contribution in [0.2, 0.25) is 0 Å². The third-order valence-corrected chi connectivity index (χ3v) is 7.49. The highest BCUT2D eigenvalue weighted by Crippen LogP contribution is 2.34. The Hall–Kier alpha value is -2.84. The van der Waals surface area contributed by atoms with E-state index in [9.17, 15) is 14.3 Å². The number of aliphatic hydroxyl groups is 1. The Morgan fingerprint density at radius 2 is 1.78 bits per heavy atom. The van der Waals surface area contributed by atoms with Crippen molar-refractivity contribution < 1.29 is 23.8 Å². The van der Waals surface area contributed by atoms with Crippen molar-refractivity contribution >= 4 is 11.6 Å². The fraction of sp³-hybridized carbons (Fsp3) is 0.536. The molecule has 0 aliphatic carbocycles. The van der Waals surface area contributed by atoms with Gasteiger partial charge in [0.15, 0.2) is 11.5 Å². The monoisotopic (exact) mass is 497 g/mol. The Morgan fingerprint density at radius 3 is 2.56 bits per heavy atom. The van der Waals surface area contributed by atoms with E-state index in [-0.39, 0.29) is 17.6 Å². The van der Waals surface area contributed by atoms with Gasteiger partial charge in [0.25, 0.3) is 0 Å². The summed E-state index contributed by atoms with van der Waals surface area (Å²) in [6.07, 6.45) is 3.97. The second kappa shape index (κ2) is 11.5. The number of halogens is 1. The largest absolute Gasteiger partial charge is 0.486 e. The molecule has 0 unspecified atom stereocenters. The van der Waals surface area contributed by atoms with Gasteiger partial charge >= 0.3 is 0 Å². The number of anilines is 1. The number of fused-ring (bicyclic) bond motifs is 1. The van der Waals surface area contributed by atoms with E-state index in [4.69, 9.17) is 9.47 Å². The summed E-state index contributed by atoms with van der Waals surface area (Å²) in [6, 6.07) is 11.6. The highest BCUT2D eigenvalue weighted by atomic mass is 19.1. The van der Waals surface area contributed by atoms with Crippen LogP contribution in [0.15, 0.2) is 42.5 Å². The van der Waals surface area contributed by atoms with E-state index in [0.717, 1.165) is 51.1 Å². The maximum absolute atomic E-state index is 13.3. The van der Waals surface area contributed by atoms with Gasteiger partial charge in [-0.1, -0.05) is 12.5 Å². The molecule has 3 aliphatic heterocycles. The van der Waals surface area contributed by atoms with Crippen molar-refractivity contribution in [3.63, 3.8) is 0 Å². The van der Waals surface area contributed by atoms with E-state index in [1.807, 2.05) is 18.2 Å². The number of ether oxygens (including phenoxy) is 2. The van der Waals surface area contributed by atoms with Crippen molar-refractivity contribution in [2.45, 2.75) is 44.2 Å². The molecule has 194 valence electrons. The zero-order valence-corrected chi connectivity index (χ0v) is 20.7. The van der Waals surface area contributed by atoms with Crippen LogP contribution in [-0.4, -0.2) is 67.9 Å². The number of benzene rings is 2. The molecule has 36 heavy (non-hydrogen) atoms. The molecule has 0 bridgehead atoms. The lowest BCUT2D eigenvalue weighted by atomic mass is 9.98. The van der Waals surface area contributed by atoms with Crippen molar-refractivity contribution in [1.82, 2.24) is 10.2 Å². The van der Waals surface area contributed by atoms with Crippen LogP contribution in [-0.2, 0) is 4.79 Å². The van der Waals surface area contributed by atoms with Gasteiger partial charge < -0.3 is 29.7 Å². The first-order chi connectivity index (χ1) is 17.5. The lowest BCUT2D eigenvalue weighted by molar-refractivity contribution is -0.123. The predicted molar refractivity (Wildman–Crippen MR) is 136 cm³/mol. The number of amides is 1. The Kier molecular flexibility index (Phi) is 7.92. The minimum Gasteiger partial charge on any atom is -0.486 e. The Balaban J connectivity index is 1.23. The first-order valence-electron chi connectivity index (χ1n) is 13.1. The van der Waals surface area contributed by atoms with E-state index in [1.165, 1.54) is 18.6 Å². The number of hydrogen-bond donors (Lipinski definition) is 2. The second-order valence-corrected chi connectivity index (χ2v) is 10.2. The van der Waals surface area contributed by atoms with Gasteiger partial charge in [-0.05, 0) is 80.2 Å². The molecule has 2 aromatic rings. The van der Waals surface area contributed by atoms with Crippen LogP contribution in [0.4, 0.5) is 10.1 Å². The SMILES string of the molecule is O=C(C[C@H]1CCN(c2ccc(F)cc2)C1)N[C@H](CN1CCCCC1)[C@H](O)c1ccc2c(c1)OCCO2. The molecule has 3 heterocycles. The molecule has 3 aliphatic rings. The standard InChI is InChI=1S/C28H36FN3O4/c29-22-5-7-23(8-6-22)32-13-10-20(18-32)16-27(33)30-24(19-31-11-2-1-3-12-31)28(34)21-4-9-25-26(17-21)36-15-14-35-25/h4-9,17,20,24,28,34H,1-3,10-16,18-19H2,(H,30,33)/t20-,24-,28-/m1/s1. The molecule has 7 nitrogen and oxygen atoms in total. The van der Waals surface area contributed by atoms with Crippen LogP contribution in [0.5, 0.6) is 11.5 Å². The third kappa shape index (κ3) is 6.10. The summed E-state index contributed by atoms with van der Waals surface area (Å²) < 4.78 is 24.6. The average Bonchev–Trinajstić information content (AvgIpc) is 3.37. The summed E-state index contributed by atoms with van der Waals surface area (Å²) in [7, 11) is 0. The van der Waals surface area contributed by atoms with Gasteiger partial charge in [-0.3, -0.25) is 4.79 Å².